The number of nitrogens with zero attached hydrogens (tertiary/aromatic N) is 3. The molecule has 5 rings (SSSR count). The van der Waals surface area contributed by atoms with Crippen molar-refractivity contribution in [3.63, 3.8) is 0 Å². The molecule has 0 aliphatic carbocycles. The summed E-state index contributed by atoms with van der Waals surface area (Å²) in [5.74, 6) is 0. The first-order valence-electron chi connectivity index (χ1n) is 7.96. The first-order valence-corrected chi connectivity index (χ1v) is 7.96. The Morgan fingerprint density at radius 2 is 1.75 bits per heavy atom. The number of aromatic nitrogens is 4. The highest BCUT2D eigenvalue weighted by molar-refractivity contribution is 5.98. The summed E-state index contributed by atoms with van der Waals surface area (Å²) >= 11 is 0. The fraction of sp³-hybridized carbons (Fsp3) is 0.0500. The maximum absolute atomic E-state index is 4.53. The SMILES string of the molecule is Cn1cc(-c2c[nH]c3ccccc23)c(-n2cnc3ccccc32)c1. The first kappa shape index (κ1) is 13.2. The Hall–Kier alpha value is -3.27. The molecule has 0 saturated heterocycles. The molecule has 3 aromatic heterocycles. The standard InChI is InChI=1S/C20H16N4/c1-23-11-16(15-10-21-17-7-3-2-6-14(15)17)20(12-23)24-13-22-18-8-4-5-9-19(18)24/h2-13,21H,1H3. The molecule has 0 spiro atoms. The molecule has 0 aliphatic heterocycles. The van der Waals surface area contributed by atoms with Crippen molar-refractivity contribution in [2.75, 3.05) is 0 Å². The van der Waals surface area contributed by atoms with Crippen molar-refractivity contribution in [3.8, 4) is 16.8 Å². The summed E-state index contributed by atoms with van der Waals surface area (Å²) in [5, 5.41) is 1.23. The Labute approximate surface area is 139 Å². The van der Waals surface area contributed by atoms with Crippen LogP contribution in [0.25, 0.3) is 38.8 Å². The van der Waals surface area contributed by atoms with E-state index < -0.39 is 0 Å². The Bertz CT molecular complexity index is 1080. The van der Waals surface area contributed by atoms with Crippen LogP contribution in [0, 0.1) is 0 Å². The van der Waals surface area contributed by atoms with Gasteiger partial charge in [-0.3, -0.25) is 4.57 Å². The molecule has 3 heterocycles. The summed E-state index contributed by atoms with van der Waals surface area (Å²) in [6.45, 7) is 0. The van der Waals surface area contributed by atoms with Crippen LogP contribution in [-0.4, -0.2) is 19.1 Å². The maximum Gasteiger partial charge on any atom is 0.100 e. The summed E-state index contributed by atoms with van der Waals surface area (Å²) in [5.41, 5.74) is 6.81. The van der Waals surface area contributed by atoms with Gasteiger partial charge in [-0.25, -0.2) is 4.98 Å². The van der Waals surface area contributed by atoms with Gasteiger partial charge in [0, 0.05) is 47.7 Å². The predicted octanol–water partition coefficient (Wildman–Crippen LogP) is 4.51. The zero-order valence-electron chi connectivity index (χ0n) is 13.3. The smallest absolute Gasteiger partial charge is 0.100 e. The van der Waals surface area contributed by atoms with E-state index in [1.54, 1.807) is 0 Å². The van der Waals surface area contributed by atoms with E-state index in [9.17, 15) is 0 Å². The summed E-state index contributed by atoms with van der Waals surface area (Å²) in [4.78, 5) is 7.91. The molecule has 1 N–H and O–H groups in total. The average Bonchev–Trinajstić information content (AvgIpc) is 3.30. The van der Waals surface area contributed by atoms with Crippen molar-refractivity contribution in [2.24, 2.45) is 7.05 Å². The molecule has 116 valence electrons. The number of hydrogen-bond acceptors (Lipinski definition) is 1. The van der Waals surface area contributed by atoms with Crippen LogP contribution >= 0.6 is 0 Å². The zero-order chi connectivity index (χ0) is 16.1. The van der Waals surface area contributed by atoms with Gasteiger partial charge in [0.2, 0.25) is 0 Å². The fourth-order valence-electron chi connectivity index (χ4n) is 3.41. The van der Waals surface area contributed by atoms with Crippen LogP contribution in [-0.2, 0) is 7.05 Å². The molecule has 0 fully saturated rings. The molecule has 0 amide bonds. The van der Waals surface area contributed by atoms with Crippen molar-refractivity contribution in [3.05, 3.63) is 73.4 Å². The molecule has 0 saturated carbocycles. The molecule has 0 radical (unpaired) electrons. The van der Waals surface area contributed by atoms with Gasteiger partial charge in [0.15, 0.2) is 0 Å². The Morgan fingerprint density at radius 3 is 2.71 bits per heavy atom. The molecular formula is C20H16N4. The van der Waals surface area contributed by atoms with Crippen molar-refractivity contribution < 1.29 is 0 Å². The second-order valence-electron chi connectivity index (χ2n) is 6.07. The number of benzene rings is 2. The van der Waals surface area contributed by atoms with Crippen LogP contribution in [0.5, 0.6) is 0 Å². The molecular weight excluding hydrogens is 296 g/mol. The fourth-order valence-corrected chi connectivity index (χ4v) is 3.41. The lowest BCUT2D eigenvalue weighted by Crippen LogP contribution is -1.92. The Balaban J connectivity index is 1.80. The van der Waals surface area contributed by atoms with Crippen LogP contribution in [0.15, 0.2) is 73.4 Å². The van der Waals surface area contributed by atoms with E-state index >= 15 is 0 Å². The summed E-state index contributed by atoms with van der Waals surface area (Å²) in [7, 11) is 2.06. The number of nitrogens with one attached hydrogen (secondary N) is 1. The lowest BCUT2D eigenvalue weighted by molar-refractivity contribution is 0.921. The number of aryl methyl sites for hydroxylation is 1. The zero-order valence-corrected chi connectivity index (χ0v) is 13.3. The third kappa shape index (κ3) is 1.83. The van der Waals surface area contributed by atoms with Crippen LogP contribution < -0.4 is 0 Å². The van der Waals surface area contributed by atoms with Gasteiger partial charge in [-0.05, 0) is 18.2 Å². The highest BCUT2D eigenvalue weighted by Gasteiger charge is 2.15. The van der Waals surface area contributed by atoms with Gasteiger partial charge < -0.3 is 9.55 Å². The van der Waals surface area contributed by atoms with Crippen molar-refractivity contribution in [2.45, 2.75) is 0 Å². The molecule has 24 heavy (non-hydrogen) atoms. The second-order valence-corrected chi connectivity index (χ2v) is 6.07. The van der Waals surface area contributed by atoms with Gasteiger partial charge in [-0.1, -0.05) is 30.3 Å². The lowest BCUT2D eigenvalue weighted by atomic mass is 10.1. The minimum absolute atomic E-state index is 1.01. The van der Waals surface area contributed by atoms with Crippen LogP contribution in [0.4, 0.5) is 0 Å². The van der Waals surface area contributed by atoms with E-state index in [4.69, 9.17) is 0 Å². The molecule has 0 bridgehead atoms. The maximum atomic E-state index is 4.53. The number of hydrogen-bond donors (Lipinski definition) is 1. The third-order valence-corrected chi connectivity index (χ3v) is 4.53. The number of para-hydroxylation sites is 3. The number of imidazole rings is 1. The molecule has 4 heteroatoms. The van der Waals surface area contributed by atoms with Crippen molar-refractivity contribution in [1.82, 2.24) is 19.1 Å². The highest BCUT2D eigenvalue weighted by Crippen LogP contribution is 2.34. The summed E-state index contributed by atoms with van der Waals surface area (Å²) < 4.78 is 4.26. The van der Waals surface area contributed by atoms with Gasteiger partial charge in [0.05, 0.1) is 16.7 Å². The second kappa shape index (κ2) is 4.86. The molecule has 5 aromatic rings. The lowest BCUT2D eigenvalue weighted by Gasteiger charge is -2.05. The van der Waals surface area contributed by atoms with E-state index in [1.165, 1.54) is 16.5 Å². The van der Waals surface area contributed by atoms with Gasteiger partial charge in [-0.2, -0.15) is 0 Å². The van der Waals surface area contributed by atoms with Crippen LogP contribution in [0.2, 0.25) is 0 Å². The average molecular weight is 312 g/mol. The molecule has 0 aliphatic rings. The van der Waals surface area contributed by atoms with Crippen molar-refractivity contribution in [1.29, 1.82) is 0 Å². The number of fused-ring (bicyclic) bond motifs is 2. The Kier molecular flexibility index (Phi) is 2.67. The van der Waals surface area contributed by atoms with Gasteiger partial charge >= 0.3 is 0 Å². The number of H-pyrrole nitrogens is 1. The normalized spacial score (nSPS) is 11.5. The predicted molar refractivity (Wildman–Crippen MR) is 97.3 cm³/mol. The molecule has 0 atom stereocenters. The quantitative estimate of drug-likeness (QED) is 0.511. The van der Waals surface area contributed by atoms with E-state index in [0.29, 0.717) is 0 Å². The largest absolute Gasteiger partial charge is 0.361 e. The molecule has 2 aromatic carbocycles. The molecule has 4 nitrogen and oxygen atoms in total. The summed E-state index contributed by atoms with van der Waals surface area (Å²) in [6.07, 6.45) is 8.30. The van der Waals surface area contributed by atoms with Crippen LogP contribution in [0.3, 0.4) is 0 Å². The summed E-state index contributed by atoms with van der Waals surface area (Å²) in [6, 6.07) is 16.6. The Morgan fingerprint density at radius 1 is 0.917 bits per heavy atom. The van der Waals surface area contributed by atoms with Crippen molar-refractivity contribution >= 4 is 21.9 Å². The number of rotatable bonds is 2. The highest BCUT2D eigenvalue weighted by atomic mass is 15.1. The minimum Gasteiger partial charge on any atom is -0.361 e. The van der Waals surface area contributed by atoms with Gasteiger partial charge in [-0.15, -0.1) is 0 Å². The third-order valence-electron chi connectivity index (χ3n) is 4.53. The van der Waals surface area contributed by atoms with E-state index in [2.05, 4.69) is 81.1 Å². The van der Waals surface area contributed by atoms with Crippen LogP contribution in [0.1, 0.15) is 0 Å². The van der Waals surface area contributed by atoms with E-state index in [-0.39, 0.29) is 0 Å². The van der Waals surface area contributed by atoms with Gasteiger partial charge in [0.1, 0.15) is 6.33 Å². The number of aromatic amines is 1. The molecule has 0 unspecified atom stereocenters. The topological polar surface area (TPSA) is 38.5 Å². The van der Waals surface area contributed by atoms with E-state index in [0.717, 1.165) is 22.2 Å². The monoisotopic (exact) mass is 312 g/mol. The van der Waals surface area contributed by atoms with Gasteiger partial charge in [0.25, 0.3) is 0 Å². The van der Waals surface area contributed by atoms with E-state index in [1.807, 2.05) is 18.5 Å². The minimum atomic E-state index is 1.01. The first-order chi connectivity index (χ1) is 11.8.